The summed E-state index contributed by atoms with van der Waals surface area (Å²) in [7, 11) is 1.75. The first-order valence-corrected chi connectivity index (χ1v) is 7.39. The van der Waals surface area contributed by atoms with Crippen molar-refractivity contribution in [3.63, 3.8) is 0 Å². The van der Waals surface area contributed by atoms with Crippen molar-refractivity contribution >= 4 is 11.7 Å². The molecule has 0 fully saturated rings. The number of amides is 1. The number of aryl methyl sites for hydroxylation is 1. The van der Waals surface area contributed by atoms with Gasteiger partial charge in [0.25, 0.3) is 5.91 Å². The molecular formula is C15H28N4O. The zero-order valence-electron chi connectivity index (χ0n) is 13.4. The molecule has 20 heavy (non-hydrogen) atoms. The molecule has 5 nitrogen and oxygen atoms in total. The topological polar surface area (TPSA) is 64.2 Å². The van der Waals surface area contributed by atoms with Crippen LogP contribution in [0.5, 0.6) is 0 Å². The average Bonchev–Trinajstić information content (AvgIpc) is 2.69. The van der Waals surface area contributed by atoms with Crippen LogP contribution in [-0.2, 0) is 7.05 Å². The number of nitrogens with two attached hydrogens (primary N) is 1. The number of rotatable bonds is 7. The summed E-state index contributed by atoms with van der Waals surface area (Å²) in [5, 5.41) is 4.05. The molecule has 0 aliphatic carbocycles. The fourth-order valence-corrected chi connectivity index (χ4v) is 1.93. The third-order valence-electron chi connectivity index (χ3n) is 3.45. The molecule has 0 bridgehead atoms. The third-order valence-corrected chi connectivity index (χ3v) is 3.45. The molecule has 0 saturated carbocycles. The summed E-state index contributed by atoms with van der Waals surface area (Å²) in [6.07, 6.45) is 3.57. The molecule has 0 aromatic carbocycles. The third kappa shape index (κ3) is 4.54. The average molecular weight is 280 g/mol. The summed E-state index contributed by atoms with van der Waals surface area (Å²) in [6.45, 7) is 10.2. The minimum absolute atomic E-state index is 0.00287. The number of hydrogen-bond acceptors (Lipinski definition) is 3. The first-order chi connectivity index (χ1) is 9.32. The van der Waals surface area contributed by atoms with Gasteiger partial charge in [-0.1, -0.05) is 27.7 Å². The number of aromatic nitrogens is 2. The normalized spacial score (nSPS) is 11.3. The van der Waals surface area contributed by atoms with Crippen LogP contribution in [-0.4, -0.2) is 33.7 Å². The molecule has 1 rings (SSSR count). The Kier molecular flexibility index (Phi) is 6.05. The van der Waals surface area contributed by atoms with E-state index < -0.39 is 0 Å². The molecule has 0 unspecified atom stereocenters. The van der Waals surface area contributed by atoms with E-state index in [1.54, 1.807) is 13.2 Å². The van der Waals surface area contributed by atoms with Crippen molar-refractivity contribution in [1.29, 1.82) is 0 Å². The standard InChI is InChI=1S/C15H28N4O/c1-11(2)6-8-19(9-7-12(3)4)15(20)13-10-17-18(5)14(13)16/h10-12H,6-9,16H2,1-5H3. The van der Waals surface area contributed by atoms with Crippen LogP contribution in [0.3, 0.4) is 0 Å². The van der Waals surface area contributed by atoms with Gasteiger partial charge in [-0.15, -0.1) is 0 Å². The summed E-state index contributed by atoms with van der Waals surface area (Å²) in [5.41, 5.74) is 6.42. The van der Waals surface area contributed by atoms with Crippen molar-refractivity contribution in [2.45, 2.75) is 40.5 Å². The largest absolute Gasteiger partial charge is 0.383 e. The predicted octanol–water partition coefficient (Wildman–Crippen LogP) is 2.54. The Morgan fingerprint density at radius 2 is 1.75 bits per heavy atom. The van der Waals surface area contributed by atoms with Crippen LogP contribution in [0.25, 0.3) is 0 Å². The van der Waals surface area contributed by atoms with E-state index in [1.165, 1.54) is 4.68 Å². The van der Waals surface area contributed by atoms with E-state index in [0.29, 0.717) is 23.2 Å². The van der Waals surface area contributed by atoms with Crippen LogP contribution in [0.15, 0.2) is 6.20 Å². The lowest BCUT2D eigenvalue weighted by atomic mass is 10.1. The molecule has 0 atom stereocenters. The number of nitrogens with zero attached hydrogens (tertiary/aromatic N) is 3. The van der Waals surface area contributed by atoms with Gasteiger partial charge in [0, 0.05) is 20.1 Å². The Hall–Kier alpha value is -1.52. The summed E-state index contributed by atoms with van der Waals surface area (Å²) in [4.78, 5) is 14.5. The summed E-state index contributed by atoms with van der Waals surface area (Å²) < 4.78 is 1.54. The Labute approximate surface area is 122 Å². The van der Waals surface area contributed by atoms with Gasteiger partial charge in [-0.05, 0) is 24.7 Å². The highest BCUT2D eigenvalue weighted by molar-refractivity contribution is 5.98. The van der Waals surface area contributed by atoms with Gasteiger partial charge < -0.3 is 10.6 Å². The minimum atomic E-state index is -0.00287. The lowest BCUT2D eigenvalue weighted by molar-refractivity contribution is 0.0742. The highest BCUT2D eigenvalue weighted by Gasteiger charge is 2.20. The maximum absolute atomic E-state index is 12.6. The molecule has 1 aromatic heterocycles. The molecule has 0 radical (unpaired) electrons. The molecule has 1 aromatic rings. The molecule has 1 amide bonds. The van der Waals surface area contributed by atoms with E-state index >= 15 is 0 Å². The van der Waals surface area contributed by atoms with E-state index in [0.717, 1.165) is 25.9 Å². The van der Waals surface area contributed by atoms with Crippen LogP contribution in [0.1, 0.15) is 50.9 Å². The second-order valence-corrected chi connectivity index (χ2v) is 6.22. The van der Waals surface area contributed by atoms with Crippen LogP contribution >= 0.6 is 0 Å². The van der Waals surface area contributed by atoms with Crippen molar-refractivity contribution in [3.05, 3.63) is 11.8 Å². The number of nitrogen functional groups attached to an aromatic ring is 1. The Morgan fingerprint density at radius 1 is 1.25 bits per heavy atom. The summed E-state index contributed by atoms with van der Waals surface area (Å²) in [6, 6.07) is 0. The van der Waals surface area contributed by atoms with E-state index in [2.05, 4.69) is 32.8 Å². The van der Waals surface area contributed by atoms with E-state index in [1.807, 2.05) is 4.90 Å². The van der Waals surface area contributed by atoms with Gasteiger partial charge in [-0.2, -0.15) is 5.10 Å². The Bertz CT molecular complexity index is 425. The lowest BCUT2D eigenvalue weighted by Crippen LogP contribution is -2.34. The fraction of sp³-hybridized carbons (Fsp3) is 0.733. The van der Waals surface area contributed by atoms with Crippen LogP contribution < -0.4 is 5.73 Å². The van der Waals surface area contributed by atoms with Gasteiger partial charge >= 0.3 is 0 Å². The van der Waals surface area contributed by atoms with Crippen molar-refractivity contribution in [3.8, 4) is 0 Å². The Balaban J connectivity index is 2.79. The Morgan fingerprint density at radius 3 is 2.10 bits per heavy atom. The zero-order chi connectivity index (χ0) is 15.3. The quantitative estimate of drug-likeness (QED) is 0.834. The van der Waals surface area contributed by atoms with Crippen molar-refractivity contribution in [2.75, 3.05) is 18.8 Å². The first kappa shape index (κ1) is 16.5. The fourth-order valence-electron chi connectivity index (χ4n) is 1.93. The SMILES string of the molecule is CC(C)CCN(CCC(C)C)C(=O)c1cnn(C)c1N. The lowest BCUT2D eigenvalue weighted by Gasteiger charge is -2.24. The van der Waals surface area contributed by atoms with Gasteiger partial charge in [0.15, 0.2) is 0 Å². The zero-order valence-corrected chi connectivity index (χ0v) is 13.4. The van der Waals surface area contributed by atoms with Crippen molar-refractivity contribution < 1.29 is 4.79 Å². The number of carbonyl (C=O) groups excluding carboxylic acids is 1. The molecule has 2 N–H and O–H groups in total. The van der Waals surface area contributed by atoms with Gasteiger partial charge in [-0.25, -0.2) is 0 Å². The highest BCUT2D eigenvalue weighted by atomic mass is 16.2. The van der Waals surface area contributed by atoms with Gasteiger partial charge in [-0.3, -0.25) is 9.48 Å². The van der Waals surface area contributed by atoms with E-state index in [-0.39, 0.29) is 5.91 Å². The van der Waals surface area contributed by atoms with Crippen molar-refractivity contribution in [2.24, 2.45) is 18.9 Å². The molecule has 1 heterocycles. The van der Waals surface area contributed by atoms with Crippen LogP contribution in [0.4, 0.5) is 5.82 Å². The van der Waals surface area contributed by atoms with Gasteiger partial charge in [0.2, 0.25) is 0 Å². The summed E-state index contributed by atoms with van der Waals surface area (Å²) in [5.74, 6) is 1.59. The maximum atomic E-state index is 12.6. The van der Waals surface area contributed by atoms with Gasteiger partial charge in [0.05, 0.1) is 6.20 Å². The molecule has 114 valence electrons. The monoisotopic (exact) mass is 280 g/mol. The minimum Gasteiger partial charge on any atom is -0.383 e. The number of anilines is 1. The molecular weight excluding hydrogens is 252 g/mol. The molecule has 0 aliphatic heterocycles. The second kappa shape index (κ2) is 7.31. The van der Waals surface area contributed by atoms with Crippen LogP contribution in [0.2, 0.25) is 0 Å². The highest BCUT2D eigenvalue weighted by Crippen LogP contribution is 2.15. The van der Waals surface area contributed by atoms with Crippen molar-refractivity contribution in [1.82, 2.24) is 14.7 Å². The first-order valence-electron chi connectivity index (χ1n) is 7.39. The molecule has 0 spiro atoms. The predicted molar refractivity (Wildman–Crippen MR) is 82.4 cm³/mol. The van der Waals surface area contributed by atoms with Crippen LogP contribution in [0, 0.1) is 11.8 Å². The molecule has 5 heteroatoms. The van der Waals surface area contributed by atoms with E-state index in [4.69, 9.17) is 5.73 Å². The second-order valence-electron chi connectivity index (χ2n) is 6.22. The number of hydrogen-bond donors (Lipinski definition) is 1. The molecule has 0 saturated heterocycles. The summed E-state index contributed by atoms with van der Waals surface area (Å²) >= 11 is 0. The number of carbonyl (C=O) groups is 1. The van der Waals surface area contributed by atoms with E-state index in [9.17, 15) is 4.79 Å². The smallest absolute Gasteiger partial charge is 0.259 e. The maximum Gasteiger partial charge on any atom is 0.259 e. The van der Waals surface area contributed by atoms with Gasteiger partial charge in [0.1, 0.15) is 11.4 Å². The molecule has 0 aliphatic rings.